The van der Waals surface area contributed by atoms with Crippen LogP contribution in [0, 0.1) is 0 Å². The summed E-state index contributed by atoms with van der Waals surface area (Å²) in [5.74, 6) is -0.420. The highest BCUT2D eigenvalue weighted by atomic mass is 35.5. The molecule has 5 heteroatoms. The number of carbonyl (C=O) groups excluding carboxylic acids is 1. The van der Waals surface area contributed by atoms with E-state index in [4.69, 9.17) is 28.9 Å². The van der Waals surface area contributed by atoms with Crippen LogP contribution in [0.15, 0.2) is 54.6 Å². The first-order valence-corrected chi connectivity index (χ1v) is 11.0. The number of rotatable bonds is 7. The lowest BCUT2D eigenvalue weighted by Crippen LogP contribution is -2.11. The molecule has 2 N–H and O–H groups in total. The maximum Gasteiger partial charge on any atom is 0.249 e. The van der Waals surface area contributed by atoms with Crippen LogP contribution in [0.2, 0.25) is 10.0 Å². The van der Waals surface area contributed by atoms with Gasteiger partial charge < -0.3 is 10.3 Å². The van der Waals surface area contributed by atoms with Gasteiger partial charge in [0.25, 0.3) is 0 Å². The standard InChI is InChI=1S/C25H24Cl2N2O/c1-2-3-4-6-16-9-12-19-23(13-16)29(15-17-10-11-18(26)14-21(17)27)22-8-5-7-20(24(19)22)25(28)30/h5,7-14H,2-4,6,15H2,1H3,(H2,28,30). The smallest absolute Gasteiger partial charge is 0.249 e. The summed E-state index contributed by atoms with van der Waals surface area (Å²) in [6.45, 7) is 2.79. The molecule has 0 unspecified atom stereocenters. The van der Waals surface area contributed by atoms with E-state index in [0.29, 0.717) is 22.2 Å². The van der Waals surface area contributed by atoms with Crippen LogP contribution in [0.1, 0.15) is 47.7 Å². The van der Waals surface area contributed by atoms with Gasteiger partial charge in [0, 0.05) is 38.4 Å². The first kappa shape index (κ1) is 20.8. The van der Waals surface area contributed by atoms with Gasteiger partial charge in [0.15, 0.2) is 0 Å². The zero-order valence-corrected chi connectivity index (χ0v) is 18.4. The second-order valence-corrected chi connectivity index (χ2v) is 8.54. The van der Waals surface area contributed by atoms with Crippen molar-refractivity contribution in [2.24, 2.45) is 5.73 Å². The molecular formula is C25H24Cl2N2O. The van der Waals surface area contributed by atoms with Crippen molar-refractivity contribution in [1.82, 2.24) is 4.57 Å². The number of hydrogen-bond donors (Lipinski definition) is 1. The molecule has 0 fully saturated rings. The first-order valence-electron chi connectivity index (χ1n) is 10.3. The Morgan fingerprint density at radius 1 is 1.00 bits per heavy atom. The molecule has 0 saturated carbocycles. The number of unbranched alkanes of at least 4 members (excludes halogenated alkanes) is 2. The number of amides is 1. The molecule has 4 aromatic rings. The Hall–Kier alpha value is -2.49. The van der Waals surface area contributed by atoms with Gasteiger partial charge in [-0.05, 0) is 54.3 Å². The van der Waals surface area contributed by atoms with Crippen molar-refractivity contribution < 1.29 is 4.79 Å². The lowest BCUT2D eigenvalue weighted by atomic mass is 10.0. The molecule has 1 heterocycles. The lowest BCUT2D eigenvalue weighted by Gasteiger charge is -2.11. The third-order valence-electron chi connectivity index (χ3n) is 5.63. The van der Waals surface area contributed by atoms with Crippen LogP contribution in [0.25, 0.3) is 21.8 Å². The highest BCUT2D eigenvalue weighted by molar-refractivity contribution is 6.35. The highest BCUT2D eigenvalue weighted by Gasteiger charge is 2.17. The Bertz CT molecular complexity index is 1240. The van der Waals surface area contributed by atoms with Gasteiger partial charge in [-0.3, -0.25) is 4.79 Å². The van der Waals surface area contributed by atoms with E-state index in [-0.39, 0.29) is 0 Å². The predicted molar refractivity (Wildman–Crippen MR) is 127 cm³/mol. The number of halogens is 2. The Balaban J connectivity index is 1.93. The van der Waals surface area contributed by atoms with Crippen molar-refractivity contribution >= 4 is 50.9 Å². The van der Waals surface area contributed by atoms with E-state index in [9.17, 15) is 4.79 Å². The summed E-state index contributed by atoms with van der Waals surface area (Å²) in [6.07, 6.45) is 4.61. The van der Waals surface area contributed by atoms with Crippen molar-refractivity contribution in [2.45, 2.75) is 39.2 Å². The van der Waals surface area contributed by atoms with Gasteiger partial charge in [0.2, 0.25) is 5.91 Å². The van der Waals surface area contributed by atoms with Crippen LogP contribution in [0.5, 0.6) is 0 Å². The van der Waals surface area contributed by atoms with Gasteiger partial charge in [-0.15, -0.1) is 0 Å². The number of primary amides is 1. The van der Waals surface area contributed by atoms with Crippen LogP contribution in [-0.2, 0) is 13.0 Å². The number of fused-ring (bicyclic) bond motifs is 3. The quantitative estimate of drug-likeness (QED) is 0.310. The molecule has 0 aliphatic heterocycles. The molecule has 3 nitrogen and oxygen atoms in total. The molecule has 154 valence electrons. The van der Waals surface area contributed by atoms with Crippen LogP contribution in [0.4, 0.5) is 0 Å². The first-order chi connectivity index (χ1) is 14.5. The zero-order chi connectivity index (χ0) is 21.3. The second kappa shape index (κ2) is 8.71. The predicted octanol–water partition coefficient (Wildman–Crippen LogP) is 6.98. The van der Waals surface area contributed by atoms with Crippen molar-refractivity contribution in [2.75, 3.05) is 0 Å². The fourth-order valence-corrected chi connectivity index (χ4v) is 4.59. The molecule has 0 radical (unpaired) electrons. The van der Waals surface area contributed by atoms with E-state index >= 15 is 0 Å². The minimum Gasteiger partial charge on any atom is -0.366 e. The van der Waals surface area contributed by atoms with Gasteiger partial charge in [0.05, 0.1) is 5.52 Å². The van der Waals surface area contributed by atoms with Crippen molar-refractivity contribution in [3.63, 3.8) is 0 Å². The molecular weight excluding hydrogens is 415 g/mol. The number of hydrogen-bond acceptors (Lipinski definition) is 1. The van der Waals surface area contributed by atoms with Crippen molar-refractivity contribution in [3.05, 3.63) is 81.3 Å². The number of benzene rings is 3. The maximum atomic E-state index is 12.1. The normalized spacial score (nSPS) is 11.4. The average molecular weight is 439 g/mol. The van der Waals surface area contributed by atoms with Crippen LogP contribution >= 0.6 is 23.2 Å². The molecule has 0 aliphatic rings. The molecule has 1 aromatic heterocycles. The fourth-order valence-electron chi connectivity index (χ4n) is 4.12. The van der Waals surface area contributed by atoms with E-state index in [0.717, 1.165) is 40.2 Å². The fraction of sp³-hybridized carbons (Fsp3) is 0.240. The average Bonchev–Trinajstić information content (AvgIpc) is 3.03. The molecule has 30 heavy (non-hydrogen) atoms. The lowest BCUT2D eigenvalue weighted by molar-refractivity contribution is 0.100. The molecule has 0 aliphatic carbocycles. The Morgan fingerprint density at radius 3 is 2.57 bits per heavy atom. The van der Waals surface area contributed by atoms with Crippen LogP contribution in [0.3, 0.4) is 0 Å². The summed E-state index contributed by atoms with van der Waals surface area (Å²) in [6, 6.07) is 17.8. The van der Waals surface area contributed by atoms with E-state index in [2.05, 4.69) is 29.7 Å². The minimum atomic E-state index is -0.420. The van der Waals surface area contributed by atoms with Crippen LogP contribution < -0.4 is 5.73 Å². The zero-order valence-electron chi connectivity index (χ0n) is 16.9. The maximum absolute atomic E-state index is 12.1. The van der Waals surface area contributed by atoms with Crippen molar-refractivity contribution in [3.8, 4) is 0 Å². The molecule has 0 bridgehead atoms. The second-order valence-electron chi connectivity index (χ2n) is 7.69. The molecule has 0 atom stereocenters. The third-order valence-corrected chi connectivity index (χ3v) is 6.22. The number of aryl methyl sites for hydroxylation is 1. The highest BCUT2D eigenvalue weighted by Crippen LogP contribution is 2.34. The minimum absolute atomic E-state index is 0.420. The van der Waals surface area contributed by atoms with E-state index in [1.807, 2.05) is 24.3 Å². The van der Waals surface area contributed by atoms with Crippen LogP contribution in [-0.4, -0.2) is 10.5 Å². The molecule has 0 spiro atoms. The van der Waals surface area contributed by atoms with Gasteiger partial charge in [-0.2, -0.15) is 0 Å². The number of aromatic nitrogens is 1. The molecule has 0 saturated heterocycles. The summed E-state index contributed by atoms with van der Waals surface area (Å²) in [4.78, 5) is 12.1. The SMILES string of the molecule is CCCCCc1ccc2c3c(C(N)=O)cccc3n(Cc3ccc(Cl)cc3Cl)c2c1. The largest absolute Gasteiger partial charge is 0.366 e. The Morgan fingerprint density at radius 2 is 1.83 bits per heavy atom. The number of nitrogens with zero attached hydrogens (tertiary/aromatic N) is 1. The molecule has 4 rings (SSSR count). The summed E-state index contributed by atoms with van der Waals surface area (Å²) in [5, 5.41) is 3.16. The van der Waals surface area contributed by atoms with Gasteiger partial charge in [-0.1, -0.05) is 67.2 Å². The van der Waals surface area contributed by atoms with Gasteiger partial charge in [-0.25, -0.2) is 0 Å². The summed E-state index contributed by atoms with van der Waals surface area (Å²) < 4.78 is 2.22. The Labute approximate surface area is 186 Å². The monoisotopic (exact) mass is 438 g/mol. The van der Waals surface area contributed by atoms with E-state index < -0.39 is 5.91 Å². The van der Waals surface area contributed by atoms with E-state index in [1.165, 1.54) is 18.4 Å². The summed E-state index contributed by atoms with van der Waals surface area (Å²) in [5.41, 5.74) is 10.6. The van der Waals surface area contributed by atoms with Crippen molar-refractivity contribution in [1.29, 1.82) is 0 Å². The summed E-state index contributed by atoms with van der Waals surface area (Å²) >= 11 is 12.6. The Kier molecular flexibility index (Phi) is 6.03. The number of nitrogens with two attached hydrogens (primary N) is 1. The summed E-state index contributed by atoms with van der Waals surface area (Å²) in [7, 11) is 0. The topological polar surface area (TPSA) is 48.0 Å². The number of carbonyl (C=O) groups is 1. The molecule has 1 amide bonds. The van der Waals surface area contributed by atoms with Gasteiger partial charge in [0.1, 0.15) is 0 Å². The van der Waals surface area contributed by atoms with E-state index in [1.54, 1.807) is 12.1 Å². The van der Waals surface area contributed by atoms with Gasteiger partial charge >= 0.3 is 0 Å². The molecule has 3 aromatic carbocycles. The third kappa shape index (κ3) is 3.92.